The van der Waals surface area contributed by atoms with Gasteiger partial charge in [0.05, 0.1) is 6.61 Å². The quantitative estimate of drug-likeness (QED) is 0.315. The van der Waals surface area contributed by atoms with Crippen molar-refractivity contribution in [1.82, 2.24) is 0 Å². The zero-order valence-electron chi connectivity index (χ0n) is 7.16. The summed E-state index contributed by atoms with van der Waals surface area (Å²) in [5.74, 6) is -0.639. The lowest BCUT2D eigenvalue weighted by Crippen LogP contribution is -2.15. The van der Waals surface area contributed by atoms with Crippen LogP contribution in [0.3, 0.4) is 0 Å². The summed E-state index contributed by atoms with van der Waals surface area (Å²) in [4.78, 5) is 10.9. The molecule has 0 saturated carbocycles. The number of carbonyl (C=O) groups is 1. The molecule has 0 aromatic rings. The van der Waals surface area contributed by atoms with Crippen molar-refractivity contribution in [3.05, 3.63) is 11.8 Å². The van der Waals surface area contributed by atoms with Crippen LogP contribution < -0.4 is 5.73 Å². The van der Waals surface area contributed by atoms with Gasteiger partial charge in [0, 0.05) is 12.8 Å². The van der Waals surface area contributed by atoms with Gasteiger partial charge in [-0.3, -0.25) is 0 Å². The Labute approximate surface area is 80.9 Å². The van der Waals surface area contributed by atoms with Gasteiger partial charge in [-0.15, -0.1) is 5.10 Å². The molecule has 0 aliphatic carbocycles. The third kappa shape index (κ3) is 4.97. The fraction of sp³-hybridized carbons (Fsp3) is 0.286. The Morgan fingerprint density at radius 3 is 2.85 bits per heavy atom. The third-order valence-electron chi connectivity index (χ3n) is 0.952. The number of ether oxygens (including phenoxy) is 1. The molecule has 13 heavy (non-hydrogen) atoms. The van der Waals surface area contributed by atoms with Gasteiger partial charge in [0.15, 0.2) is 5.17 Å². The molecule has 0 rings (SSSR count). The van der Waals surface area contributed by atoms with E-state index in [0.29, 0.717) is 0 Å². The summed E-state index contributed by atoms with van der Waals surface area (Å²) in [6.45, 7) is 5.01. The van der Waals surface area contributed by atoms with E-state index in [-0.39, 0.29) is 17.5 Å². The number of allylic oxidation sites excluding steroid dienone is 1. The Balaban J connectivity index is 4.39. The molecule has 6 heteroatoms. The zero-order valence-corrected chi connectivity index (χ0v) is 7.91. The Kier molecular flexibility index (Phi) is 5.54. The average Bonchev–Trinajstić information content (AvgIpc) is 2.05. The van der Waals surface area contributed by atoms with Crippen LogP contribution in [0.5, 0.6) is 0 Å². The molecule has 0 aromatic heterocycles. The topological polar surface area (TPSA) is 77.0 Å². The van der Waals surface area contributed by atoms with Gasteiger partial charge in [-0.05, 0) is 6.92 Å². The number of hydrogen-bond donors (Lipinski definition) is 1. The highest BCUT2D eigenvalue weighted by molar-refractivity contribution is 6.68. The highest BCUT2D eigenvalue weighted by Gasteiger charge is 2.05. The van der Waals surface area contributed by atoms with Crippen LogP contribution in [0.4, 0.5) is 0 Å². The first-order chi connectivity index (χ1) is 6.11. The van der Waals surface area contributed by atoms with Crippen molar-refractivity contribution >= 4 is 29.5 Å². The first kappa shape index (κ1) is 11.6. The molecule has 0 radical (unpaired) electrons. The zero-order chi connectivity index (χ0) is 10.3. The van der Waals surface area contributed by atoms with Crippen molar-refractivity contribution in [3.8, 4) is 0 Å². The smallest absolute Gasteiger partial charge is 0.354 e. The number of nitrogens with zero attached hydrogens (tertiary/aromatic N) is 2. The monoisotopic (exact) mass is 203 g/mol. The van der Waals surface area contributed by atoms with Crippen LogP contribution in [-0.4, -0.2) is 24.5 Å². The van der Waals surface area contributed by atoms with Gasteiger partial charge in [-0.25, -0.2) is 4.79 Å². The molecule has 0 amide bonds. The highest BCUT2D eigenvalue weighted by atomic mass is 35.5. The number of esters is 1. The van der Waals surface area contributed by atoms with Crippen LogP contribution in [0, 0.1) is 0 Å². The van der Waals surface area contributed by atoms with E-state index in [2.05, 4.69) is 21.7 Å². The molecule has 0 bridgehead atoms. The predicted molar refractivity (Wildman–Crippen MR) is 51.7 cm³/mol. The summed E-state index contributed by atoms with van der Waals surface area (Å²) < 4.78 is 4.59. The SMILES string of the molecule is C=NN=C(Cl)C=C(N)C(=O)OCC. The lowest BCUT2D eigenvalue weighted by atomic mass is 10.4. The van der Waals surface area contributed by atoms with E-state index < -0.39 is 5.97 Å². The van der Waals surface area contributed by atoms with E-state index in [1.54, 1.807) is 6.92 Å². The summed E-state index contributed by atoms with van der Waals surface area (Å²) in [6.07, 6.45) is 1.15. The Hall–Kier alpha value is -1.36. The number of rotatable bonds is 4. The highest BCUT2D eigenvalue weighted by Crippen LogP contribution is 1.95. The molecule has 0 fully saturated rings. The predicted octanol–water partition coefficient (Wildman–Crippen LogP) is 0.645. The van der Waals surface area contributed by atoms with Gasteiger partial charge in [0.25, 0.3) is 0 Å². The lowest BCUT2D eigenvalue weighted by molar-refractivity contribution is -0.138. The van der Waals surface area contributed by atoms with Crippen LogP contribution >= 0.6 is 11.6 Å². The maximum Gasteiger partial charge on any atom is 0.354 e. The second-order valence-corrected chi connectivity index (χ2v) is 2.27. The van der Waals surface area contributed by atoms with Crippen molar-refractivity contribution in [2.24, 2.45) is 15.9 Å². The molecular formula is C7H10ClN3O2. The summed E-state index contributed by atoms with van der Waals surface area (Å²) in [5, 5.41) is 6.46. The molecule has 2 N–H and O–H groups in total. The largest absolute Gasteiger partial charge is 0.461 e. The standard InChI is InChI=1S/C7H10ClN3O2/c1-3-13-7(12)5(9)4-6(8)11-10-2/h4H,2-3,9H2,1H3. The van der Waals surface area contributed by atoms with Gasteiger partial charge < -0.3 is 10.5 Å². The van der Waals surface area contributed by atoms with Gasteiger partial charge in [0.1, 0.15) is 5.70 Å². The minimum atomic E-state index is -0.639. The number of carbonyl (C=O) groups excluding carboxylic acids is 1. The fourth-order valence-corrected chi connectivity index (χ4v) is 0.669. The van der Waals surface area contributed by atoms with Crippen LogP contribution in [0.1, 0.15) is 6.92 Å². The van der Waals surface area contributed by atoms with Crippen molar-refractivity contribution in [3.63, 3.8) is 0 Å². The molecule has 5 nitrogen and oxygen atoms in total. The number of halogens is 1. The molecule has 0 heterocycles. The minimum Gasteiger partial charge on any atom is -0.461 e. The maximum atomic E-state index is 10.9. The summed E-state index contributed by atoms with van der Waals surface area (Å²) in [5.41, 5.74) is 5.17. The fourth-order valence-electron chi connectivity index (χ4n) is 0.498. The third-order valence-corrected chi connectivity index (χ3v) is 1.14. The van der Waals surface area contributed by atoms with Gasteiger partial charge in [-0.2, -0.15) is 5.10 Å². The first-order valence-corrected chi connectivity index (χ1v) is 3.83. The summed E-state index contributed by atoms with van der Waals surface area (Å²) in [7, 11) is 0. The van der Waals surface area contributed by atoms with E-state index >= 15 is 0 Å². The normalized spacial score (nSPS) is 12.5. The molecular weight excluding hydrogens is 194 g/mol. The summed E-state index contributed by atoms with van der Waals surface area (Å²) in [6, 6.07) is 0. The van der Waals surface area contributed by atoms with Crippen LogP contribution in [0.2, 0.25) is 0 Å². The van der Waals surface area contributed by atoms with Crippen LogP contribution in [-0.2, 0) is 9.53 Å². The number of hydrogen-bond acceptors (Lipinski definition) is 5. The van der Waals surface area contributed by atoms with Crippen LogP contribution in [0.15, 0.2) is 22.0 Å². The number of nitrogens with two attached hydrogens (primary N) is 1. The maximum absolute atomic E-state index is 10.9. The Bertz CT molecular complexity index is 260. The van der Waals surface area contributed by atoms with Gasteiger partial charge in [-0.1, -0.05) is 11.6 Å². The second kappa shape index (κ2) is 6.19. The molecule has 0 unspecified atom stereocenters. The van der Waals surface area contributed by atoms with Gasteiger partial charge >= 0.3 is 5.97 Å². The van der Waals surface area contributed by atoms with Crippen molar-refractivity contribution in [2.75, 3.05) is 6.61 Å². The van der Waals surface area contributed by atoms with E-state index in [4.69, 9.17) is 17.3 Å². The minimum absolute atomic E-state index is 0.0273. The molecule has 0 spiro atoms. The molecule has 0 aliphatic rings. The Morgan fingerprint density at radius 1 is 1.77 bits per heavy atom. The van der Waals surface area contributed by atoms with E-state index in [0.717, 1.165) is 6.08 Å². The molecule has 0 aliphatic heterocycles. The first-order valence-electron chi connectivity index (χ1n) is 3.45. The van der Waals surface area contributed by atoms with E-state index in [1.807, 2.05) is 0 Å². The molecule has 0 aromatic carbocycles. The second-order valence-electron chi connectivity index (χ2n) is 1.88. The van der Waals surface area contributed by atoms with Crippen molar-refractivity contribution in [1.29, 1.82) is 0 Å². The van der Waals surface area contributed by atoms with E-state index in [1.165, 1.54) is 0 Å². The van der Waals surface area contributed by atoms with Gasteiger partial charge in [0.2, 0.25) is 0 Å². The molecule has 72 valence electrons. The molecule has 0 atom stereocenters. The lowest BCUT2D eigenvalue weighted by Gasteiger charge is -1.99. The van der Waals surface area contributed by atoms with Crippen LogP contribution in [0.25, 0.3) is 0 Å². The average molecular weight is 204 g/mol. The van der Waals surface area contributed by atoms with Crippen molar-refractivity contribution in [2.45, 2.75) is 6.92 Å². The molecule has 0 saturated heterocycles. The summed E-state index contributed by atoms with van der Waals surface area (Å²) >= 11 is 5.47. The Morgan fingerprint density at radius 2 is 2.38 bits per heavy atom. The van der Waals surface area contributed by atoms with E-state index in [9.17, 15) is 4.79 Å². The van der Waals surface area contributed by atoms with Crippen molar-refractivity contribution < 1.29 is 9.53 Å².